The highest BCUT2D eigenvalue weighted by Crippen LogP contribution is 2.33. The van der Waals surface area contributed by atoms with Crippen LogP contribution in [-0.4, -0.2) is 45.6 Å². The van der Waals surface area contributed by atoms with E-state index in [0.29, 0.717) is 33.8 Å². The zero-order valence-electron chi connectivity index (χ0n) is 21.2. The molecule has 10 nitrogen and oxygen atoms in total. The Morgan fingerprint density at radius 3 is 2.68 bits per heavy atom. The molecule has 11 heteroatoms. The highest BCUT2D eigenvalue weighted by molar-refractivity contribution is 5.97. The first-order chi connectivity index (χ1) is 18.2. The number of hydrogen-bond acceptors (Lipinski definition) is 6. The van der Waals surface area contributed by atoms with Crippen molar-refractivity contribution < 1.29 is 9.18 Å². The summed E-state index contributed by atoms with van der Waals surface area (Å²) in [6, 6.07) is 7.41. The van der Waals surface area contributed by atoms with Crippen LogP contribution < -0.4 is 5.32 Å². The fourth-order valence-corrected chi connectivity index (χ4v) is 4.19. The Morgan fingerprint density at radius 1 is 1.08 bits per heavy atom. The van der Waals surface area contributed by atoms with E-state index >= 15 is 4.39 Å². The van der Waals surface area contributed by atoms with Crippen molar-refractivity contribution in [2.24, 2.45) is 5.41 Å². The Hall–Kier alpha value is -4.93. The Labute approximate surface area is 216 Å². The third-order valence-electron chi connectivity index (χ3n) is 6.20. The number of aromatic amines is 2. The van der Waals surface area contributed by atoms with Gasteiger partial charge in [0.2, 0.25) is 5.91 Å². The fraction of sp³-hybridized carbons (Fsp3) is 0.185. The number of carbonyl (C=O) groups is 1. The van der Waals surface area contributed by atoms with E-state index in [2.05, 4.69) is 35.5 Å². The van der Waals surface area contributed by atoms with Crippen molar-refractivity contribution >= 4 is 33.5 Å². The van der Waals surface area contributed by atoms with Gasteiger partial charge in [0, 0.05) is 23.4 Å². The summed E-state index contributed by atoms with van der Waals surface area (Å²) in [5.74, 6) is -0.332. The maximum Gasteiger partial charge on any atom is 0.229 e. The number of fused-ring (bicyclic) bond motifs is 2. The van der Waals surface area contributed by atoms with Gasteiger partial charge in [-0.15, -0.1) is 0 Å². The van der Waals surface area contributed by atoms with Crippen molar-refractivity contribution in [3.05, 3.63) is 66.9 Å². The summed E-state index contributed by atoms with van der Waals surface area (Å²) in [5.41, 5.74) is 4.34. The van der Waals surface area contributed by atoms with Crippen molar-refractivity contribution in [1.82, 2.24) is 39.7 Å². The lowest BCUT2D eigenvalue weighted by molar-refractivity contribution is -0.123. The van der Waals surface area contributed by atoms with E-state index in [-0.39, 0.29) is 17.0 Å². The van der Waals surface area contributed by atoms with E-state index in [4.69, 9.17) is 4.98 Å². The van der Waals surface area contributed by atoms with Gasteiger partial charge in [-0.1, -0.05) is 26.8 Å². The second-order valence-electron chi connectivity index (χ2n) is 10.1. The first kappa shape index (κ1) is 23.5. The lowest BCUT2D eigenvalue weighted by Gasteiger charge is -2.17. The molecule has 0 saturated heterocycles. The smallest absolute Gasteiger partial charge is 0.229 e. The standard InChI is InChI=1S/C27H24FN9O/c1-14-12-37(13-31-14)19-7-5-6-17-23(19)34-25(33-17)24-20-18(35-36-24)11-30-22(21(20)28)15-8-16(10-29-9-15)32-26(38)27(2,3)4/h5-13H,1-4H3,(H,32,38)(H,33,34)(H,35,36). The highest BCUT2D eigenvalue weighted by Gasteiger charge is 2.23. The Bertz CT molecular complexity index is 1840. The quantitative estimate of drug-likeness (QED) is 0.300. The minimum atomic E-state index is -0.590. The minimum Gasteiger partial charge on any atom is -0.336 e. The molecule has 0 radical (unpaired) electrons. The van der Waals surface area contributed by atoms with E-state index < -0.39 is 11.2 Å². The molecule has 5 heterocycles. The zero-order chi connectivity index (χ0) is 26.6. The van der Waals surface area contributed by atoms with Crippen molar-refractivity contribution in [3.8, 4) is 28.5 Å². The molecule has 1 amide bonds. The monoisotopic (exact) mass is 509 g/mol. The Morgan fingerprint density at radius 2 is 1.92 bits per heavy atom. The number of benzene rings is 1. The van der Waals surface area contributed by atoms with Gasteiger partial charge >= 0.3 is 0 Å². The maximum atomic E-state index is 16.0. The lowest BCUT2D eigenvalue weighted by Crippen LogP contribution is -2.27. The van der Waals surface area contributed by atoms with Crippen LogP contribution in [0.4, 0.5) is 10.1 Å². The van der Waals surface area contributed by atoms with Crippen LogP contribution in [0.25, 0.3) is 50.4 Å². The fourth-order valence-electron chi connectivity index (χ4n) is 4.19. The summed E-state index contributed by atoms with van der Waals surface area (Å²) in [4.78, 5) is 33.3. The van der Waals surface area contributed by atoms with E-state index in [1.807, 2.05) is 56.7 Å². The van der Waals surface area contributed by atoms with E-state index in [0.717, 1.165) is 16.9 Å². The molecule has 38 heavy (non-hydrogen) atoms. The van der Waals surface area contributed by atoms with Gasteiger partial charge < -0.3 is 14.9 Å². The van der Waals surface area contributed by atoms with Crippen LogP contribution in [-0.2, 0) is 4.79 Å². The first-order valence-corrected chi connectivity index (χ1v) is 12.0. The second kappa shape index (κ2) is 8.58. The number of hydrogen-bond donors (Lipinski definition) is 3. The SMILES string of the molecule is Cc1cn(-c2cccc3[nH]c(-c4n[nH]c5cnc(-c6cncc(NC(=O)C(C)(C)C)c6)c(F)c45)nc23)cn1. The Kier molecular flexibility index (Phi) is 5.30. The average molecular weight is 510 g/mol. The van der Waals surface area contributed by atoms with Gasteiger partial charge in [0.15, 0.2) is 11.6 Å². The average Bonchev–Trinajstić information content (AvgIpc) is 3.61. The third-order valence-corrected chi connectivity index (χ3v) is 6.20. The summed E-state index contributed by atoms with van der Waals surface area (Å²) in [6.07, 6.45) is 8.18. The number of imidazole rings is 2. The molecule has 1 aromatic carbocycles. The predicted molar refractivity (Wildman–Crippen MR) is 142 cm³/mol. The molecule has 0 aliphatic rings. The Balaban J connectivity index is 1.44. The molecule has 0 atom stereocenters. The molecule has 0 aliphatic carbocycles. The molecule has 0 bridgehead atoms. The molecule has 0 aliphatic heterocycles. The van der Waals surface area contributed by atoms with Crippen molar-refractivity contribution in [3.63, 3.8) is 0 Å². The van der Waals surface area contributed by atoms with Crippen molar-refractivity contribution in [2.75, 3.05) is 5.32 Å². The van der Waals surface area contributed by atoms with Gasteiger partial charge in [-0.25, -0.2) is 14.4 Å². The summed E-state index contributed by atoms with van der Waals surface area (Å²) < 4.78 is 17.9. The van der Waals surface area contributed by atoms with Crippen LogP contribution in [0.2, 0.25) is 0 Å². The number of nitrogens with zero attached hydrogens (tertiary/aromatic N) is 6. The van der Waals surface area contributed by atoms with Crippen LogP contribution in [0.1, 0.15) is 26.5 Å². The van der Waals surface area contributed by atoms with Crippen LogP contribution >= 0.6 is 0 Å². The lowest BCUT2D eigenvalue weighted by atomic mass is 9.95. The van der Waals surface area contributed by atoms with E-state index in [9.17, 15) is 4.79 Å². The number of rotatable bonds is 4. The molecular formula is C27H24FN9O. The number of anilines is 1. The minimum absolute atomic E-state index is 0.0881. The van der Waals surface area contributed by atoms with Gasteiger partial charge in [0.25, 0.3) is 0 Å². The van der Waals surface area contributed by atoms with Crippen molar-refractivity contribution in [2.45, 2.75) is 27.7 Å². The van der Waals surface area contributed by atoms with Crippen LogP contribution in [0.5, 0.6) is 0 Å². The molecule has 0 unspecified atom stereocenters. The number of para-hydroxylation sites is 1. The van der Waals surface area contributed by atoms with Gasteiger partial charge in [0.1, 0.15) is 16.9 Å². The normalized spacial score (nSPS) is 11.9. The van der Waals surface area contributed by atoms with Gasteiger partial charge in [-0.2, -0.15) is 5.10 Å². The number of pyridine rings is 2. The van der Waals surface area contributed by atoms with Crippen LogP contribution in [0, 0.1) is 18.2 Å². The van der Waals surface area contributed by atoms with Gasteiger partial charge in [-0.3, -0.25) is 19.9 Å². The summed E-state index contributed by atoms with van der Waals surface area (Å²) in [6.45, 7) is 7.35. The molecule has 0 fully saturated rings. The first-order valence-electron chi connectivity index (χ1n) is 12.0. The number of amides is 1. The molecular weight excluding hydrogens is 485 g/mol. The molecule has 3 N–H and O–H groups in total. The van der Waals surface area contributed by atoms with Gasteiger partial charge in [-0.05, 0) is 25.1 Å². The summed E-state index contributed by atoms with van der Waals surface area (Å²) >= 11 is 0. The molecule has 6 rings (SSSR count). The number of H-pyrrole nitrogens is 2. The third kappa shape index (κ3) is 3.97. The number of nitrogens with one attached hydrogen (secondary N) is 3. The predicted octanol–water partition coefficient (Wildman–Crippen LogP) is 5.18. The van der Waals surface area contributed by atoms with Crippen LogP contribution in [0.3, 0.4) is 0 Å². The van der Waals surface area contributed by atoms with Crippen molar-refractivity contribution in [1.29, 1.82) is 0 Å². The second-order valence-corrected chi connectivity index (χ2v) is 10.1. The van der Waals surface area contributed by atoms with Gasteiger partial charge in [0.05, 0.1) is 52.2 Å². The van der Waals surface area contributed by atoms with E-state index in [1.54, 1.807) is 12.4 Å². The number of aromatic nitrogens is 8. The molecule has 0 saturated carbocycles. The number of aryl methyl sites for hydroxylation is 1. The van der Waals surface area contributed by atoms with E-state index in [1.165, 1.54) is 18.6 Å². The molecule has 190 valence electrons. The largest absolute Gasteiger partial charge is 0.336 e. The maximum absolute atomic E-state index is 16.0. The molecule has 0 spiro atoms. The topological polar surface area (TPSA) is 130 Å². The number of carbonyl (C=O) groups excluding carboxylic acids is 1. The zero-order valence-corrected chi connectivity index (χ0v) is 21.2. The summed E-state index contributed by atoms with van der Waals surface area (Å²) in [5, 5.41) is 10.3. The highest BCUT2D eigenvalue weighted by atomic mass is 19.1. The summed E-state index contributed by atoms with van der Waals surface area (Å²) in [7, 11) is 0. The van der Waals surface area contributed by atoms with Crippen LogP contribution in [0.15, 0.2) is 55.4 Å². The number of halogens is 1. The molecule has 6 aromatic rings. The molecule has 5 aromatic heterocycles.